The summed E-state index contributed by atoms with van der Waals surface area (Å²) in [7, 11) is 0. The molecule has 1 fully saturated rings. The second kappa shape index (κ2) is 7.66. The molecule has 1 saturated carbocycles. The molecule has 94 valence electrons. The average molecular weight is 226 g/mol. The van der Waals surface area contributed by atoms with Gasteiger partial charge in [0.1, 0.15) is 0 Å². The maximum absolute atomic E-state index is 11.5. The van der Waals surface area contributed by atoms with Crippen molar-refractivity contribution in [3.63, 3.8) is 0 Å². The minimum atomic E-state index is 0.154. The van der Waals surface area contributed by atoms with Crippen molar-refractivity contribution in [2.75, 3.05) is 13.1 Å². The summed E-state index contributed by atoms with van der Waals surface area (Å²) in [5, 5.41) is 6.25. The molecule has 1 aliphatic carbocycles. The summed E-state index contributed by atoms with van der Waals surface area (Å²) in [4.78, 5) is 11.5. The highest BCUT2D eigenvalue weighted by Gasteiger charge is 2.21. The molecule has 0 bridgehead atoms. The minimum Gasteiger partial charge on any atom is -0.355 e. The van der Waals surface area contributed by atoms with Gasteiger partial charge in [0, 0.05) is 12.6 Å². The molecule has 3 heteroatoms. The van der Waals surface area contributed by atoms with Gasteiger partial charge in [-0.1, -0.05) is 33.1 Å². The largest absolute Gasteiger partial charge is 0.355 e. The van der Waals surface area contributed by atoms with Crippen LogP contribution < -0.4 is 10.6 Å². The van der Waals surface area contributed by atoms with Crippen LogP contribution in [0.2, 0.25) is 0 Å². The van der Waals surface area contributed by atoms with Crippen molar-refractivity contribution in [1.82, 2.24) is 10.6 Å². The van der Waals surface area contributed by atoms with E-state index in [1.165, 1.54) is 32.1 Å². The predicted octanol–water partition coefficient (Wildman–Crippen LogP) is 2.07. The number of amides is 1. The van der Waals surface area contributed by atoms with Gasteiger partial charge in [-0.2, -0.15) is 0 Å². The first-order chi connectivity index (χ1) is 7.76. The summed E-state index contributed by atoms with van der Waals surface area (Å²) in [5.74, 6) is 0.812. The number of carbonyl (C=O) groups is 1. The fourth-order valence-corrected chi connectivity index (χ4v) is 1.79. The number of carbonyl (C=O) groups excluding carboxylic acids is 1. The van der Waals surface area contributed by atoms with Gasteiger partial charge in [-0.15, -0.1) is 0 Å². The van der Waals surface area contributed by atoms with Crippen LogP contribution in [-0.2, 0) is 4.79 Å². The number of hydrogen-bond donors (Lipinski definition) is 2. The Hall–Kier alpha value is -0.570. The van der Waals surface area contributed by atoms with Crippen LogP contribution in [0.25, 0.3) is 0 Å². The quantitative estimate of drug-likeness (QED) is 0.632. The number of nitrogens with one attached hydrogen (secondary N) is 2. The van der Waals surface area contributed by atoms with Crippen molar-refractivity contribution in [3.8, 4) is 0 Å². The Kier molecular flexibility index (Phi) is 6.46. The number of unbranched alkanes of at least 4 members (excludes halogenated alkanes) is 1. The molecule has 1 unspecified atom stereocenters. The van der Waals surface area contributed by atoms with E-state index in [0.717, 1.165) is 13.0 Å². The Morgan fingerprint density at radius 3 is 2.69 bits per heavy atom. The molecule has 16 heavy (non-hydrogen) atoms. The summed E-state index contributed by atoms with van der Waals surface area (Å²) in [6.45, 7) is 5.76. The van der Waals surface area contributed by atoms with Crippen LogP contribution in [0.4, 0.5) is 0 Å². The SMILES string of the molecule is CCCCC(CC)CNC(=O)CNC1CC1. The van der Waals surface area contributed by atoms with E-state index in [-0.39, 0.29) is 5.91 Å². The molecule has 1 amide bonds. The first-order valence-electron chi connectivity index (χ1n) is 6.76. The molecule has 0 aromatic heterocycles. The highest BCUT2D eigenvalue weighted by molar-refractivity contribution is 5.78. The zero-order valence-electron chi connectivity index (χ0n) is 10.7. The van der Waals surface area contributed by atoms with Gasteiger partial charge in [-0.3, -0.25) is 4.79 Å². The van der Waals surface area contributed by atoms with E-state index in [9.17, 15) is 4.79 Å². The fraction of sp³-hybridized carbons (Fsp3) is 0.923. The van der Waals surface area contributed by atoms with Crippen molar-refractivity contribution in [2.24, 2.45) is 5.92 Å². The lowest BCUT2D eigenvalue weighted by molar-refractivity contribution is -0.120. The normalized spacial score (nSPS) is 17.1. The molecule has 0 aliphatic heterocycles. The van der Waals surface area contributed by atoms with Gasteiger partial charge in [0.25, 0.3) is 0 Å². The summed E-state index contributed by atoms with van der Waals surface area (Å²) in [5.41, 5.74) is 0. The lowest BCUT2D eigenvalue weighted by Gasteiger charge is -2.15. The average Bonchev–Trinajstić information content (AvgIpc) is 3.10. The fourth-order valence-electron chi connectivity index (χ4n) is 1.79. The Morgan fingerprint density at radius 2 is 2.12 bits per heavy atom. The molecule has 2 N–H and O–H groups in total. The molecule has 1 atom stereocenters. The van der Waals surface area contributed by atoms with Crippen molar-refractivity contribution >= 4 is 5.91 Å². The standard InChI is InChI=1S/C13H26N2O/c1-3-5-6-11(4-2)9-15-13(16)10-14-12-7-8-12/h11-12,14H,3-10H2,1-2H3,(H,15,16). The summed E-state index contributed by atoms with van der Waals surface area (Å²) in [6.07, 6.45) is 7.39. The van der Waals surface area contributed by atoms with E-state index in [2.05, 4.69) is 24.5 Å². The zero-order valence-corrected chi connectivity index (χ0v) is 10.7. The Bertz CT molecular complexity index is 202. The Morgan fingerprint density at radius 1 is 1.38 bits per heavy atom. The number of hydrogen-bond acceptors (Lipinski definition) is 2. The van der Waals surface area contributed by atoms with Gasteiger partial charge in [0.05, 0.1) is 6.54 Å². The van der Waals surface area contributed by atoms with Gasteiger partial charge in [0.2, 0.25) is 5.91 Å². The first-order valence-corrected chi connectivity index (χ1v) is 6.76. The third-order valence-corrected chi connectivity index (χ3v) is 3.26. The molecular weight excluding hydrogens is 200 g/mol. The first kappa shape index (κ1) is 13.5. The van der Waals surface area contributed by atoms with Crippen LogP contribution in [0, 0.1) is 5.92 Å². The maximum atomic E-state index is 11.5. The minimum absolute atomic E-state index is 0.154. The zero-order chi connectivity index (χ0) is 11.8. The van der Waals surface area contributed by atoms with Crippen LogP contribution in [-0.4, -0.2) is 25.0 Å². The third kappa shape index (κ3) is 6.11. The molecule has 0 saturated heterocycles. The molecule has 0 heterocycles. The molecule has 1 aliphatic rings. The van der Waals surface area contributed by atoms with Crippen molar-refractivity contribution in [1.29, 1.82) is 0 Å². The van der Waals surface area contributed by atoms with Crippen LogP contribution in [0.15, 0.2) is 0 Å². The second-order valence-corrected chi connectivity index (χ2v) is 4.88. The molecule has 0 aromatic rings. The molecule has 3 nitrogen and oxygen atoms in total. The lowest BCUT2D eigenvalue weighted by Crippen LogP contribution is -2.37. The lowest BCUT2D eigenvalue weighted by atomic mass is 9.99. The van der Waals surface area contributed by atoms with Gasteiger partial charge in [-0.25, -0.2) is 0 Å². The summed E-state index contributed by atoms with van der Waals surface area (Å²) in [6, 6.07) is 0.618. The number of rotatable bonds is 9. The Balaban J connectivity index is 2.02. The Labute approximate surface area is 99.4 Å². The predicted molar refractivity (Wildman–Crippen MR) is 67.3 cm³/mol. The summed E-state index contributed by atoms with van der Waals surface area (Å²) >= 11 is 0. The van der Waals surface area contributed by atoms with Crippen molar-refractivity contribution < 1.29 is 4.79 Å². The molecular formula is C13H26N2O. The van der Waals surface area contributed by atoms with E-state index in [1.54, 1.807) is 0 Å². The monoisotopic (exact) mass is 226 g/mol. The van der Waals surface area contributed by atoms with E-state index in [4.69, 9.17) is 0 Å². The van der Waals surface area contributed by atoms with E-state index >= 15 is 0 Å². The van der Waals surface area contributed by atoms with Crippen LogP contribution >= 0.6 is 0 Å². The molecule has 0 aromatic carbocycles. The van der Waals surface area contributed by atoms with E-state index in [1.807, 2.05) is 0 Å². The van der Waals surface area contributed by atoms with Gasteiger partial charge >= 0.3 is 0 Å². The highest BCUT2D eigenvalue weighted by atomic mass is 16.1. The second-order valence-electron chi connectivity index (χ2n) is 4.88. The van der Waals surface area contributed by atoms with Crippen molar-refractivity contribution in [2.45, 2.75) is 58.4 Å². The van der Waals surface area contributed by atoms with Crippen LogP contribution in [0.5, 0.6) is 0 Å². The van der Waals surface area contributed by atoms with Gasteiger partial charge < -0.3 is 10.6 Å². The van der Waals surface area contributed by atoms with Gasteiger partial charge in [0.15, 0.2) is 0 Å². The maximum Gasteiger partial charge on any atom is 0.233 e. The molecule has 0 spiro atoms. The third-order valence-electron chi connectivity index (χ3n) is 3.26. The van der Waals surface area contributed by atoms with E-state index < -0.39 is 0 Å². The van der Waals surface area contributed by atoms with Crippen LogP contribution in [0.1, 0.15) is 52.4 Å². The molecule has 0 radical (unpaired) electrons. The van der Waals surface area contributed by atoms with Gasteiger partial charge in [-0.05, 0) is 25.2 Å². The van der Waals surface area contributed by atoms with Crippen LogP contribution in [0.3, 0.4) is 0 Å². The molecule has 1 rings (SSSR count). The summed E-state index contributed by atoms with van der Waals surface area (Å²) < 4.78 is 0. The van der Waals surface area contributed by atoms with Crippen molar-refractivity contribution in [3.05, 3.63) is 0 Å². The highest BCUT2D eigenvalue weighted by Crippen LogP contribution is 2.17. The van der Waals surface area contributed by atoms with E-state index in [0.29, 0.717) is 18.5 Å². The smallest absolute Gasteiger partial charge is 0.233 e. The topological polar surface area (TPSA) is 41.1 Å².